The molecule has 0 aromatic heterocycles. The van der Waals surface area contributed by atoms with Gasteiger partial charge in [-0.2, -0.15) is 8.78 Å². The largest absolute Gasteiger partial charge is 0.399 e. The van der Waals surface area contributed by atoms with Gasteiger partial charge < -0.3 is 36.4 Å². The third-order valence-corrected chi connectivity index (χ3v) is 11.8. The number of hydrogen-bond acceptors (Lipinski definition) is 7. The summed E-state index contributed by atoms with van der Waals surface area (Å²) in [6, 6.07) is 18.6. The van der Waals surface area contributed by atoms with Crippen molar-refractivity contribution in [3.05, 3.63) is 113 Å². The number of nitrogens with two attached hydrogens (primary N) is 1. The average molecular weight is 837 g/mol. The van der Waals surface area contributed by atoms with Gasteiger partial charge >= 0.3 is 13.3 Å². The first-order valence-corrected chi connectivity index (χ1v) is 21.1. The van der Waals surface area contributed by atoms with Crippen LogP contribution < -0.4 is 21.7 Å². The molecule has 2 heterocycles. The Morgan fingerprint density at radius 1 is 0.932 bits per heavy atom. The molecule has 0 spiro atoms. The molecule has 2 fully saturated rings. The van der Waals surface area contributed by atoms with E-state index in [0.717, 1.165) is 29.3 Å². The Hall–Kier alpha value is -5.28. The van der Waals surface area contributed by atoms with Crippen LogP contribution in [0.1, 0.15) is 81.2 Å². The van der Waals surface area contributed by atoms with Gasteiger partial charge in [0.05, 0.1) is 6.04 Å². The molecule has 0 bridgehead atoms. The second-order valence-electron chi connectivity index (χ2n) is 15.3. The van der Waals surface area contributed by atoms with Crippen LogP contribution in [0.2, 0.25) is 0 Å². The molecule has 316 valence electrons. The summed E-state index contributed by atoms with van der Waals surface area (Å²) in [4.78, 5) is 90.0. The van der Waals surface area contributed by atoms with Gasteiger partial charge in [0.1, 0.15) is 18.1 Å². The number of nitrogens with zero attached hydrogens (tertiary/aromatic N) is 2. The summed E-state index contributed by atoms with van der Waals surface area (Å²) in [7, 11) is -5.84. The molecule has 3 aromatic rings. The Kier molecular flexibility index (Phi) is 14.6. The third kappa shape index (κ3) is 11.1. The van der Waals surface area contributed by atoms with Gasteiger partial charge in [0.25, 0.3) is 0 Å². The number of amides is 5. The highest BCUT2D eigenvalue weighted by molar-refractivity contribution is 7.52. The van der Waals surface area contributed by atoms with Gasteiger partial charge in [-0.05, 0) is 74.8 Å². The number of primary amides is 1. The topological polar surface area (TPSA) is 211 Å². The van der Waals surface area contributed by atoms with Crippen LogP contribution in [0.25, 0.3) is 5.57 Å². The van der Waals surface area contributed by atoms with E-state index in [9.17, 15) is 47.1 Å². The Morgan fingerprint density at radius 2 is 1.56 bits per heavy atom. The Morgan fingerprint density at radius 3 is 2.14 bits per heavy atom. The Bertz CT molecular complexity index is 2040. The number of fused-ring (bicyclic) bond motifs is 1. The summed E-state index contributed by atoms with van der Waals surface area (Å²) in [5.74, 6) is -3.07. The van der Waals surface area contributed by atoms with Gasteiger partial charge in [0.2, 0.25) is 29.5 Å². The summed E-state index contributed by atoms with van der Waals surface area (Å²) in [6.45, 7) is 6.01. The first kappa shape index (κ1) is 44.8. The molecule has 59 heavy (non-hydrogen) atoms. The number of carbonyl (C=O) groups excluding carboxylic acids is 5. The molecule has 0 saturated carbocycles. The summed E-state index contributed by atoms with van der Waals surface area (Å²) in [6.07, 6.45) is 2.11. The summed E-state index contributed by atoms with van der Waals surface area (Å²) < 4.78 is 40.4. The van der Waals surface area contributed by atoms with Gasteiger partial charge in [-0.15, -0.1) is 0 Å². The van der Waals surface area contributed by atoms with Crippen LogP contribution in [-0.4, -0.2) is 92.4 Å². The van der Waals surface area contributed by atoms with Crippen molar-refractivity contribution in [2.45, 2.75) is 94.8 Å². The first-order valence-electron chi connectivity index (χ1n) is 19.5. The van der Waals surface area contributed by atoms with E-state index in [1.165, 1.54) is 24.0 Å². The van der Waals surface area contributed by atoms with Crippen LogP contribution in [0.15, 0.2) is 91.0 Å². The Labute approximate surface area is 341 Å². The molecular weight excluding hydrogens is 785 g/mol. The normalized spacial score (nSPS) is 19.7. The van der Waals surface area contributed by atoms with Crippen LogP contribution >= 0.6 is 7.60 Å². The van der Waals surface area contributed by atoms with E-state index in [1.54, 1.807) is 0 Å². The lowest BCUT2D eigenvalue weighted by Gasteiger charge is -2.40. The van der Waals surface area contributed by atoms with Crippen molar-refractivity contribution >= 4 is 42.7 Å². The fourth-order valence-electron chi connectivity index (χ4n) is 7.56. The number of halogens is 2. The molecule has 2 aliphatic rings. The SMILES string of the molecule is C/C(=C\C(=O)N[C@H]1CN(C(C)C)CC[C@H]2CC[C@@H](C(=O)N[C@@H](CCC(N)=O)C(=O)NC(c3ccccc3)c3ccccc3)N2C1=O)c1cccc(C(F)(F)P(=O)(O)O)c1. The standard InChI is InChI=1S/C42H51F2N6O8P/c1-26(2)49-22-21-32-17-19-35(40(54)47-33(18-20-36(45)51)39(53)48-38(28-11-6-4-7-12-28)29-13-8-5-9-14-29)50(32)41(55)34(25-49)46-37(52)23-27(3)30-15-10-16-31(24-30)42(43,44)59(56,57)58/h4-16,23-24,26,32-35,38H,17-22,25H2,1-3H3,(H2,45,51)(H,46,52)(H,47,54)(H,48,53)(H2,56,57,58)/b27-23+/t32-,33+,34+,35+/m1/s1. The molecule has 4 atom stereocenters. The summed E-state index contributed by atoms with van der Waals surface area (Å²) in [5, 5.41) is 8.56. The smallest absolute Gasteiger partial charge is 0.370 e. The number of allylic oxidation sites excluding steroid dienone is 1. The number of rotatable bonds is 15. The quantitative estimate of drug-likeness (QED) is 0.0966. The lowest BCUT2D eigenvalue weighted by Crippen LogP contribution is -2.62. The molecule has 17 heteroatoms. The zero-order valence-electron chi connectivity index (χ0n) is 33.1. The van der Waals surface area contributed by atoms with Gasteiger partial charge in [0, 0.05) is 43.2 Å². The number of hydrogen-bond donors (Lipinski definition) is 6. The number of nitrogens with one attached hydrogen (secondary N) is 3. The average Bonchev–Trinajstić information content (AvgIpc) is 3.62. The van der Waals surface area contributed by atoms with Crippen molar-refractivity contribution < 1.29 is 47.1 Å². The molecule has 0 unspecified atom stereocenters. The fraction of sp³-hybridized carbons (Fsp3) is 0.405. The third-order valence-electron chi connectivity index (χ3n) is 10.8. The monoisotopic (exact) mass is 836 g/mol. The maximum Gasteiger partial charge on any atom is 0.399 e. The highest BCUT2D eigenvalue weighted by Crippen LogP contribution is 2.59. The van der Waals surface area contributed by atoms with E-state index in [1.807, 2.05) is 79.4 Å². The zero-order chi connectivity index (χ0) is 43.1. The predicted octanol–water partition coefficient (Wildman–Crippen LogP) is 3.93. The molecule has 2 saturated heterocycles. The summed E-state index contributed by atoms with van der Waals surface area (Å²) >= 11 is 0. The molecule has 0 radical (unpaired) electrons. The number of carbonyl (C=O) groups is 5. The van der Waals surface area contributed by atoms with Gasteiger partial charge in [-0.3, -0.25) is 33.4 Å². The van der Waals surface area contributed by atoms with Crippen LogP contribution in [-0.2, 0) is 34.2 Å². The second-order valence-corrected chi connectivity index (χ2v) is 16.9. The van der Waals surface area contributed by atoms with E-state index < -0.39 is 72.5 Å². The van der Waals surface area contributed by atoms with E-state index in [2.05, 4.69) is 16.0 Å². The molecule has 5 rings (SSSR count). The molecule has 0 aliphatic carbocycles. The van der Waals surface area contributed by atoms with E-state index in [-0.39, 0.29) is 49.0 Å². The minimum Gasteiger partial charge on any atom is -0.370 e. The van der Waals surface area contributed by atoms with Crippen molar-refractivity contribution in [1.29, 1.82) is 0 Å². The van der Waals surface area contributed by atoms with Crippen molar-refractivity contribution in [2.24, 2.45) is 5.73 Å². The highest BCUT2D eigenvalue weighted by Gasteiger charge is 2.50. The van der Waals surface area contributed by atoms with Crippen LogP contribution in [0.4, 0.5) is 8.78 Å². The molecule has 7 N–H and O–H groups in total. The fourth-order valence-corrected chi connectivity index (χ4v) is 8.04. The molecule has 3 aromatic carbocycles. The van der Waals surface area contributed by atoms with Crippen LogP contribution in [0, 0.1) is 0 Å². The predicted molar refractivity (Wildman–Crippen MR) is 216 cm³/mol. The maximum atomic E-state index is 14.5. The number of alkyl halides is 2. The van der Waals surface area contributed by atoms with Crippen molar-refractivity contribution in [1.82, 2.24) is 25.8 Å². The van der Waals surface area contributed by atoms with Crippen LogP contribution in [0.3, 0.4) is 0 Å². The first-order chi connectivity index (χ1) is 27.9. The van der Waals surface area contributed by atoms with Crippen LogP contribution in [0.5, 0.6) is 0 Å². The minimum absolute atomic E-state index is 0.00918. The lowest BCUT2D eigenvalue weighted by atomic mass is 9.98. The van der Waals surface area contributed by atoms with Gasteiger partial charge in [-0.1, -0.05) is 78.9 Å². The van der Waals surface area contributed by atoms with Gasteiger partial charge in [0.15, 0.2) is 0 Å². The Balaban J connectivity index is 1.37. The van der Waals surface area contributed by atoms with E-state index >= 15 is 0 Å². The zero-order valence-corrected chi connectivity index (χ0v) is 34.0. The molecule has 2 aliphatic heterocycles. The van der Waals surface area contributed by atoms with Crippen molar-refractivity contribution in [3.63, 3.8) is 0 Å². The van der Waals surface area contributed by atoms with Crippen molar-refractivity contribution in [3.8, 4) is 0 Å². The van der Waals surface area contributed by atoms with E-state index in [4.69, 9.17) is 5.73 Å². The summed E-state index contributed by atoms with van der Waals surface area (Å²) in [5.41, 5.74) is 1.96. The second kappa shape index (κ2) is 19.2. The lowest BCUT2D eigenvalue weighted by molar-refractivity contribution is -0.145. The van der Waals surface area contributed by atoms with E-state index in [0.29, 0.717) is 19.4 Å². The molecule has 5 amide bonds. The van der Waals surface area contributed by atoms with Gasteiger partial charge in [-0.25, -0.2) is 0 Å². The molecule has 14 nitrogen and oxygen atoms in total. The molecular formula is C42H51F2N6O8P. The minimum atomic E-state index is -5.84. The number of benzene rings is 3. The maximum absolute atomic E-state index is 14.5. The van der Waals surface area contributed by atoms with Crippen molar-refractivity contribution in [2.75, 3.05) is 13.1 Å². The highest BCUT2D eigenvalue weighted by atomic mass is 31.2.